The zero-order valence-corrected chi connectivity index (χ0v) is 23.4. The second-order valence-corrected chi connectivity index (χ2v) is 12.0. The average Bonchev–Trinajstić information content (AvgIpc) is 2.93. The molecular formula is C34H39O3P. The van der Waals surface area contributed by atoms with Crippen LogP contribution in [-0.4, -0.2) is 6.10 Å². The van der Waals surface area contributed by atoms with Crippen molar-refractivity contribution in [3.8, 4) is 11.5 Å². The molecule has 4 heteroatoms. The van der Waals surface area contributed by atoms with E-state index in [2.05, 4.69) is 79.7 Å². The summed E-state index contributed by atoms with van der Waals surface area (Å²) in [5, 5.41) is 4.93. The third kappa shape index (κ3) is 5.56. The van der Waals surface area contributed by atoms with Gasteiger partial charge in [-0.1, -0.05) is 125 Å². The van der Waals surface area contributed by atoms with Gasteiger partial charge in [-0.25, -0.2) is 0 Å². The van der Waals surface area contributed by atoms with Crippen LogP contribution in [0.3, 0.4) is 0 Å². The van der Waals surface area contributed by atoms with Gasteiger partial charge >= 0.3 is 8.60 Å². The molecule has 1 saturated carbocycles. The van der Waals surface area contributed by atoms with Crippen molar-refractivity contribution < 1.29 is 13.6 Å². The third-order valence-corrected chi connectivity index (χ3v) is 9.52. The number of hydrogen-bond donors (Lipinski definition) is 0. The van der Waals surface area contributed by atoms with Crippen LogP contribution in [0.1, 0.15) is 94.6 Å². The van der Waals surface area contributed by atoms with Gasteiger partial charge in [0.25, 0.3) is 0 Å². The van der Waals surface area contributed by atoms with Crippen LogP contribution in [0, 0.1) is 0 Å². The van der Waals surface area contributed by atoms with Crippen LogP contribution >= 0.6 is 8.60 Å². The minimum absolute atomic E-state index is 0.107. The van der Waals surface area contributed by atoms with Gasteiger partial charge in [-0.15, -0.1) is 0 Å². The smallest absolute Gasteiger partial charge is 0.417 e. The van der Waals surface area contributed by atoms with E-state index in [1.807, 2.05) is 0 Å². The molecule has 0 aromatic heterocycles. The van der Waals surface area contributed by atoms with E-state index >= 15 is 0 Å². The maximum absolute atomic E-state index is 6.77. The largest absolute Gasteiger partial charge is 0.463 e. The molecule has 0 unspecified atom stereocenters. The Labute approximate surface area is 228 Å². The molecule has 198 valence electrons. The van der Waals surface area contributed by atoms with Gasteiger partial charge in [0.15, 0.2) is 0 Å². The Bertz CT molecular complexity index is 1280. The molecule has 0 bridgehead atoms. The van der Waals surface area contributed by atoms with Crippen molar-refractivity contribution in [2.24, 2.45) is 0 Å². The van der Waals surface area contributed by atoms with Crippen LogP contribution in [0.25, 0.3) is 21.5 Å². The molecular weight excluding hydrogens is 487 g/mol. The Hall–Kier alpha value is -2.61. The minimum Gasteiger partial charge on any atom is -0.417 e. The average molecular weight is 527 g/mol. The standard InChI is InChI=1S/C34H39O3P/c1-25-33-29-19-13-11-15-26(29)21-23-31(33)36-38(35-28-17-9-7-5-3-2-4-6-8-10-18-28)37-32-24-22-27-16-12-14-20-30(27)34(25)32/h11-16,19-25,28H,2-10,17-18H2,1H3. The number of rotatable bonds is 2. The van der Waals surface area contributed by atoms with Gasteiger partial charge < -0.3 is 9.05 Å². The lowest BCUT2D eigenvalue weighted by Gasteiger charge is -2.30. The lowest BCUT2D eigenvalue weighted by Crippen LogP contribution is -2.16. The van der Waals surface area contributed by atoms with E-state index in [-0.39, 0.29) is 12.0 Å². The molecule has 4 aromatic rings. The summed E-state index contributed by atoms with van der Waals surface area (Å²) < 4.78 is 20.1. The summed E-state index contributed by atoms with van der Waals surface area (Å²) in [5.74, 6) is 1.87. The van der Waals surface area contributed by atoms with E-state index in [0.717, 1.165) is 24.3 Å². The monoisotopic (exact) mass is 526 g/mol. The SMILES string of the molecule is CC1c2c(ccc3ccccc23)OP(OC2CCCCCCCCCCC2)Oc2ccc3ccccc3c21. The first-order chi connectivity index (χ1) is 18.8. The highest BCUT2D eigenvalue weighted by Crippen LogP contribution is 2.53. The Morgan fingerprint density at radius 1 is 0.579 bits per heavy atom. The summed E-state index contributed by atoms with van der Waals surface area (Å²) in [6.45, 7) is 2.28. The second kappa shape index (κ2) is 12.1. The van der Waals surface area contributed by atoms with Gasteiger partial charge in [-0.05, 0) is 46.5 Å². The van der Waals surface area contributed by atoms with Crippen LogP contribution in [0.5, 0.6) is 11.5 Å². The van der Waals surface area contributed by atoms with Gasteiger partial charge in [0.1, 0.15) is 11.5 Å². The first-order valence-electron chi connectivity index (χ1n) is 14.6. The summed E-state index contributed by atoms with van der Waals surface area (Å²) in [7, 11) is -1.59. The van der Waals surface area contributed by atoms with Crippen LogP contribution in [0.15, 0.2) is 72.8 Å². The van der Waals surface area contributed by atoms with Gasteiger partial charge in [-0.3, -0.25) is 4.52 Å². The summed E-state index contributed by atoms with van der Waals surface area (Å²) in [4.78, 5) is 0. The maximum Gasteiger partial charge on any atom is 0.463 e. The lowest BCUT2D eigenvalue weighted by molar-refractivity contribution is 0.152. The zero-order chi connectivity index (χ0) is 25.7. The van der Waals surface area contributed by atoms with Crippen molar-refractivity contribution in [1.29, 1.82) is 0 Å². The van der Waals surface area contributed by atoms with Gasteiger partial charge in [0, 0.05) is 17.0 Å². The van der Waals surface area contributed by atoms with Crippen LogP contribution < -0.4 is 9.05 Å². The first-order valence-corrected chi connectivity index (χ1v) is 15.7. The molecule has 0 amide bonds. The van der Waals surface area contributed by atoms with Gasteiger partial charge in [0.05, 0.1) is 6.10 Å². The molecule has 1 aliphatic carbocycles. The Morgan fingerprint density at radius 2 is 1.03 bits per heavy atom. The second-order valence-electron chi connectivity index (χ2n) is 11.0. The van der Waals surface area contributed by atoms with Crippen LogP contribution in [0.4, 0.5) is 0 Å². The highest BCUT2D eigenvalue weighted by molar-refractivity contribution is 7.42. The normalized spacial score (nSPS) is 21.6. The van der Waals surface area contributed by atoms with Crippen molar-refractivity contribution in [3.63, 3.8) is 0 Å². The zero-order valence-electron chi connectivity index (χ0n) is 22.5. The van der Waals surface area contributed by atoms with Gasteiger partial charge in [-0.2, -0.15) is 0 Å². The van der Waals surface area contributed by atoms with Gasteiger partial charge in [0.2, 0.25) is 0 Å². The summed E-state index contributed by atoms with van der Waals surface area (Å²) >= 11 is 0. The Kier molecular flexibility index (Phi) is 8.14. The van der Waals surface area contributed by atoms with Crippen molar-refractivity contribution in [2.45, 2.75) is 89.6 Å². The summed E-state index contributed by atoms with van der Waals surface area (Å²) in [6.07, 6.45) is 14.2. The first kappa shape index (κ1) is 25.7. The molecule has 0 saturated heterocycles. The van der Waals surface area contributed by atoms with Crippen LogP contribution in [-0.2, 0) is 4.52 Å². The molecule has 2 aliphatic rings. The fourth-order valence-electron chi connectivity index (χ4n) is 6.32. The predicted molar refractivity (Wildman–Crippen MR) is 159 cm³/mol. The predicted octanol–water partition coefficient (Wildman–Crippen LogP) is 10.8. The fraction of sp³-hybridized carbons (Fsp3) is 0.412. The molecule has 0 spiro atoms. The minimum atomic E-state index is -1.59. The molecule has 1 aliphatic heterocycles. The molecule has 4 aromatic carbocycles. The number of fused-ring (bicyclic) bond motifs is 6. The molecule has 0 atom stereocenters. The highest BCUT2D eigenvalue weighted by Gasteiger charge is 2.32. The van der Waals surface area contributed by atoms with E-state index < -0.39 is 8.60 Å². The molecule has 6 rings (SSSR count). The maximum atomic E-state index is 6.77. The summed E-state index contributed by atoms with van der Waals surface area (Å²) in [6, 6.07) is 25.8. The Balaban J connectivity index is 1.39. The van der Waals surface area contributed by atoms with Crippen molar-refractivity contribution in [1.82, 2.24) is 0 Å². The lowest BCUT2D eigenvalue weighted by atomic mass is 9.85. The number of hydrogen-bond acceptors (Lipinski definition) is 3. The molecule has 1 heterocycles. The van der Waals surface area contributed by atoms with E-state index in [1.165, 1.54) is 90.5 Å². The van der Waals surface area contributed by atoms with Crippen LogP contribution in [0.2, 0.25) is 0 Å². The van der Waals surface area contributed by atoms with E-state index in [0.29, 0.717) is 0 Å². The number of benzene rings is 4. The van der Waals surface area contributed by atoms with Crippen molar-refractivity contribution >= 4 is 30.1 Å². The van der Waals surface area contributed by atoms with Crippen molar-refractivity contribution in [3.05, 3.63) is 83.9 Å². The third-order valence-electron chi connectivity index (χ3n) is 8.36. The molecule has 1 fully saturated rings. The summed E-state index contributed by atoms with van der Waals surface area (Å²) in [5.41, 5.74) is 2.44. The van der Waals surface area contributed by atoms with E-state index in [9.17, 15) is 0 Å². The molecule has 3 nitrogen and oxygen atoms in total. The topological polar surface area (TPSA) is 27.7 Å². The van der Waals surface area contributed by atoms with E-state index in [4.69, 9.17) is 13.6 Å². The fourth-order valence-corrected chi connectivity index (χ4v) is 7.54. The molecule has 0 N–H and O–H groups in total. The van der Waals surface area contributed by atoms with E-state index in [1.54, 1.807) is 0 Å². The Morgan fingerprint density at radius 3 is 1.53 bits per heavy atom. The molecule has 0 radical (unpaired) electrons. The molecule has 38 heavy (non-hydrogen) atoms. The highest BCUT2D eigenvalue weighted by atomic mass is 31.2. The van der Waals surface area contributed by atoms with Crippen molar-refractivity contribution in [2.75, 3.05) is 0 Å². The quantitative estimate of drug-likeness (QED) is 0.243.